The molecule has 1 fully saturated rings. The van der Waals surface area contributed by atoms with E-state index in [2.05, 4.69) is 64.7 Å². The lowest BCUT2D eigenvalue weighted by atomic mass is 9.78. The van der Waals surface area contributed by atoms with Gasteiger partial charge in [0.1, 0.15) is 0 Å². The van der Waals surface area contributed by atoms with Crippen LogP contribution in [0.25, 0.3) is 6.08 Å². The van der Waals surface area contributed by atoms with E-state index in [0.29, 0.717) is 18.5 Å². The van der Waals surface area contributed by atoms with Gasteiger partial charge in [-0.25, -0.2) is 4.99 Å². The Kier molecular flexibility index (Phi) is 6.45. The molecule has 0 radical (unpaired) electrons. The predicted octanol–water partition coefficient (Wildman–Crippen LogP) is 7.12. The van der Waals surface area contributed by atoms with E-state index in [4.69, 9.17) is 4.99 Å². The highest BCUT2D eigenvalue weighted by Gasteiger charge is 2.38. The Labute approximate surface area is 202 Å². The zero-order chi connectivity index (χ0) is 23.9. The van der Waals surface area contributed by atoms with Crippen molar-refractivity contribution >= 4 is 40.3 Å². The molecule has 174 valence electrons. The number of thioether (sulfide) groups is 1. The average Bonchev–Trinajstić information content (AvgIpc) is 3.02. The summed E-state index contributed by atoms with van der Waals surface area (Å²) in [6.45, 7) is 16.3. The molecule has 0 bridgehead atoms. The molecule has 33 heavy (non-hydrogen) atoms. The van der Waals surface area contributed by atoms with Crippen LogP contribution in [0, 0.1) is 6.92 Å². The van der Waals surface area contributed by atoms with Crippen molar-refractivity contribution in [3.8, 4) is 0 Å². The highest BCUT2D eigenvalue weighted by molar-refractivity contribution is 8.18. The molecule has 0 spiro atoms. The molecule has 0 saturated carbocycles. The highest BCUT2D eigenvalue weighted by atomic mass is 32.2. The standard InChI is InChI=1S/C28H35N3OS/c1-8-30-26(32)25(33-27(30)29-22-12-10-9-11-13-22)16-21-15-23-20(5)17-28(6,7)31(18(2)3)24(23)14-19(21)4/h9-16,18,20H,8,17H2,1-7H3/b25-16-,29-27?. The largest absolute Gasteiger partial charge is 0.364 e. The number of nitrogens with zero attached hydrogens (tertiary/aromatic N) is 3. The maximum atomic E-state index is 13.2. The average molecular weight is 462 g/mol. The number of carbonyl (C=O) groups is 1. The lowest BCUT2D eigenvalue weighted by Crippen LogP contribution is -2.51. The Balaban J connectivity index is 1.73. The number of carbonyl (C=O) groups excluding carboxylic acids is 1. The summed E-state index contributed by atoms with van der Waals surface area (Å²) in [5.41, 5.74) is 6.01. The van der Waals surface area contributed by atoms with E-state index in [1.807, 2.05) is 37.3 Å². The SMILES string of the molecule is CCN1C(=O)/C(=C/c2cc3c(cc2C)N(C(C)C)C(C)(C)CC3C)SC1=Nc1ccccc1. The van der Waals surface area contributed by atoms with Crippen molar-refractivity contribution in [3.63, 3.8) is 0 Å². The monoisotopic (exact) mass is 461 g/mol. The Morgan fingerprint density at radius 1 is 1.21 bits per heavy atom. The van der Waals surface area contributed by atoms with Crippen LogP contribution in [0.3, 0.4) is 0 Å². The van der Waals surface area contributed by atoms with E-state index in [9.17, 15) is 4.79 Å². The maximum Gasteiger partial charge on any atom is 0.266 e. The molecule has 0 aromatic heterocycles. The van der Waals surface area contributed by atoms with Gasteiger partial charge in [-0.2, -0.15) is 0 Å². The number of anilines is 1. The fourth-order valence-corrected chi connectivity index (χ4v) is 6.42. The maximum absolute atomic E-state index is 13.2. The van der Waals surface area contributed by atoms with Crippen molar-refractivity contribution in [3.05, 3.63) is 64.1 Å². The van der Waals surface area contributed by atoms with Gasteiger partial charge in [0.15, 0.2) is 5.17 Å². The van der Waals surface area contributed by atoms with Crippen LogP contribution < -0.4 is 4.90 Å². The van der Waals surface area contributed by atoms with E-state index in [1.54, 1.807) is 4.90 Å². The van der Waals surface area contributed by atoms with E-state index in [1.165, 1.54) is 28.6 Å². The van der Waals surface area contributed by atoms with Crippen LogP contribution in [0.4, 0.5) is 11.4 Å². The summed E-state index contributed by atoms with van der Waals surface area (Å²) >= 11 is 1.47. The van der Waals surface area contributed by atoms with Crippen molar-refractivity contribution in [1.82, 2.24) is 4.90 Å². The van der Waals surface area contributed by atoms with E-state index < -0.39 is 0 Å². The third-order valence-corrected chi connectivity index (χ3v) is 7.66. The molecule has 1 saturated heterocycles. The van der Waals surface area contributed by atoms with Crippen LogP contribution in [0.15, 0.2) is 52.4 Å². The normalized spacial score (nSPS) is 22.5. The second-order valence-corrected chi connectivity index (χ2v) is 11.0. The third kappa shape index (κ3) is 4.48. The van der Waals surface area contributed by atoms with Crippen molar-refractivity contribution in [1.29, 1.82) is 0 Å². The van der Waals surface area contributed by atoms with Crippen molar-refractivity contribution < 1.29 is 4.79 Å². The summed E-state index contributed by atoms with van der Waals surface area (Å²) in [7, 11) is 0. The first kappa shape index (κ1) is 23.6. The zero-order valence-corrected chi connectivity index (χ0v) is 21.7. The van der Waals surface area contributed by atoms with Crippen LogP contribution in [-0.4, -0.2) is 34.1 Å². The molecule has 1 unspecified atom stereocenters. The number of aryl methyl sites for hydroxylation is 1. The first-order chi connectivity index (χ1) is 15.6. The molecule has 1 amide bonds. The van der Waals surface area contributed by atoms with Gasteiger partial charge in [-0.15, -0.1) is 0 Å². The second kappa shape index (κ2) is 9.02. The summed E-state index contributed by atoms with van der Waals surface area (Å²) in [4.78, 5) is 23.0. The van der Waals surface area contributed by atoms with Gasteiger partial charge in [-0.05, 0) is 113 Å². The van der Waals surface area contributed by atoms with Gasteiger partial charge in [0.2, 0.25) is 0 Å². The molecule has 0 aliphatic carbocycles. The predicted molar refractivity (Wildman–Crippen MR) is 142 cm³/mol. The number of rotatable bonds is 4. The van der Waals surface area contributed by atoms with Crippen LogP contribution >= 0.6 is 11.8 Å². The minimum Gasteiger partial charge on any atom is -0.364 e. The molecule has 4 nitrogen and oxygen atoms in total. The Bertz CT molecular complexity index is 1120. The Morgan fingerprint density at radius 2 is 1.91 bits per heavy atom. The number of hydrogen-bond acceptors (Lipinski definition) is 4. The summed E-state index contributed by atoms with van der Waals surface area (Å²) in [5, 5.41) is 0.747. The summed E-state index contributed by atoms with van der Waals surface area (Å²) in [6, 6.07) is 14.9. The molecule has 2 aliphatic rings. The number of hydrogen-bond donors (Lipinski definition) is 0. The van der Waals surface area contributed by atoms with Gasteiger partial charge in [0, 0.05) is 23.8 Å². The Hall–Kier alpha value is -2.53. The lowest BCUT2D eigenvalue weighted by molar-refractivity contribution is -0.122. The number of fused-ring (bicyclic) bond motifs is 1. The van der Waals surface area contributed by atoms with Crippen LogP contribution in [-0.2, 0) is 4.79 Å². The van der Waals surface area contributed by atoms with Crippen molar-refractivity contribution in [2.75, 3.05) is 11.4 Å². The molecule has 2 heterocycles. The third-order valence-electron chi connectivity index (χ3n) is 6.65. The summed E-state index contributed by atoms with van der Waals surface area (Å²) < 4.78 is 0. The lowest BCUT2D eigenvalue weighted by Gasteiger charge is -2.50. The van der Waals surface area contributed by atoms with Gasteiger partial charge < -0.3 is 4.90 Å². The zero-order valence-electron chi connectivity index (χ0n) is 20.8. The fourth-order valence-electron chi connectivity index (χ4n) is 5.37. The molecule has 5 heteroatoms. The minimum absolute atomic E-state index is 0.0345. The molecular formula is C28H35N3OS. The molecular weight excluding hydrogens is 426 g/mol. The number of para-hydroxylation sites is 1. The topological polar surface area (TPSA) is 35.9 Å². The number of amides is 1. The van der Waals surface area contributed by atoms with Crippen LogP contribution in [0.1, 0.15) is 70.6 Å². The van der Waals surface area contributed by atoms with Crippen molar-refractivity contribution in [2.24, 2.45) is 4.99 Å². The number of likely N-dealkylation sites (N-methyl/N-ethyl adjacent to an activating group) is 1. The van der Waals surface area contributed by atoms with Crippen LogP contribution in [0.2, 0.25) is 0 Å². The van der Waals surface area contributed by atoms with Gasteiger partial charge in [0.05, 0.1) is 10.6 Å². The van der Waals surface area contributed by atoms with E-state index in [0.717, 1.165) is 27.7 Å². The van der Waals surface area contributed by atoms with Crippen LogP contribution in [0.5, 0.6) is 0 Å². The van der Waals surface area contributed by atoms with E-state index >= 15 is 0 Å². The molecule has 2 aromatic rings. The Morgan fingerprint density at radius 3 is 2.55 bits per heavy atom. The summed E-state index contributed by atoms with van der Waals surface area (Å²) in [5.74, 6) is 0.504. The summed E-state index contributed by atoms with van der Waals surface area (Å²) in [6.07, 6.45) is 3.17. The molecule has 4 rings (SSSR count). The first-order valence-electron chi connectivity index (χ1n) is 11.9. The number of benzene rings is 2. The molecule has 1 atom stereocenters. The smallest absolute Gasteiger partial charge is 0.266 e. The van der Waals surface area contributed by atoms with Gasteiger partial charge >= 0.3 is 0 Å². The highest BCUT2D eigenvalue weighted by Crippen LogP contribution is 2.46. The quantitative estimate of drug-likeness (QED) is 0.455. The first-order valence-corrected chi connectivity index (χ1v) is 12.7. The number of amidine groups is 1. The van der Waals surface area contributed by atoms with Gasteiger partial charge in [0.25, 0.3) is 5.91 Å². The fraction of sp³-hybridized carbons (Fsp3) is 0.429. The number of aliphatic imine (C=N–C) groups is 1. The molecule has 2 aliphatic heterocycles. The second-order valence-electron chi connectivity index (χ2n) is 10.0. The van der Waals surface area contributed by atoms with Crippen molar-refractivity contribution in [2.45, 2.75) is 72.4 Å². The minimum atomic E-state index is 0.0345. The van der Waals surface area contributed by atoms with Gasteiger partial charge in [-0.1, -0.05) is 25.1 Å². The molecule has 0 N–H and O–H groups in total. The molecule has 2 aromatic carbocycles. The van der Waals surface area contributed by atoms with E-state index in [-0.39, 0.29) is 11.4 Å². The van der Waals surface area contributed by atoms with Gasteiger partial charge in [-0.3, -0.25) is 9.69 Å².